The molecular formula is C11H14F4N2O4. The minimum Gasteiger partial charge on any atom is -0.480 e. The second-order valence-electron chi connectivity index (χ2n) is 3.90. The molecule has 0 amide bonds. The average molecular weight is 314 g/mol. The Morgan fingerprint density at radius 3 is 2.48 bits per heavy atom. The SMILES string of the molecule is COc1cnc(C(O)COCC(F)(F)C(F)F)c(OC)n1. The lowest BCUT2D eigenvalue weighted by Crippen LogP contribution is -2.33. The van der Waals surface area contributed by atoms with Crippen LogP contribution in [0.5, 0.6) is 11.8 Å². The van der Waals surface area contributed by atoms with E-state index in [1.165, 1.54) is 20.4 Å². The van der Waals surface area contributed by atoms with Crippen molar-refractivity contribution in [1.82, 2.24) is 9.97 Å². The van der Waals surface area contributed by atoms with Crippen molar-refractivity contribution < 1.29 is 36.9 Å². The van der Waals surface area contributed by atoms with E-state index >= 15 is 0 Å². The molecule has 10 heteroatoms. The number of ether oxygens (including phenoxy) is 3. The van der Waals surface area contributed by atoms with Gasteiger partial charge in [-0.3, -0.25) is 0 Å². The molecular weight excluding hydrogens is 300 g/mol. The van der Waals surface area contributed by atoms with Gasteiger partial charge in [0.2, 0.25) is 11.8 Å². The molecule has 1 heterocycles. The predicted molar refractivity (Wildman–Crippen MR) is 61.9 cm³/mol. The summed E-state index contributed by atoms with van der Waals surface area (Å²) in [5.74, 6) is -4.26. The highest BCUT2D eigenvalue weighted by Gasteiger charge is 2.41. The molecule has 0 aliphatic heterocycles. The molecule has 21 heavy (non-hydrogen) atoms. The monoisotopic (exact) mass is 314 g/mol. The van der Waals surface area contributed by atoms with Gasteiger partial charge in [0, 0.05) is 0 Å². The van der Waals surface area contributed by atoms with Crippen molar-refractivity contribution in [1.29, 1.82) is 0 Å². The van der Waals surface area contributed by atoms with Gasteiger partial charge in [-0.05, 0) is 0 Å². The van der Waals surface area contributed by atoms with Gasteiger partial charge >= 0.3 is 12.3 Å². The molecule has 1 aromatic heterocycles. The van der Waals surface area contributed by atoms with Crippen LogP contribution in [0.1, 0.15) is 11.8 Å². The maximum absolute atomic E-state index is 12.6. The van der Waals surface area contributed by atoms with Gasteiger partial charge in [0.05, 0.1) is 27.0 Å². The first-order chi connectivity index (χ1) is 9.81. The third kappa shape index (κ3) is 4.67. The summed E-state index contributed by atoms with van der Waals surface area (Å²) in [4.78, 5) is 7.62. The number of methoxy groups -OCH3 is 2. The normalized spacial score (nSPS) is 13.3. The third-order valence-corrected chi connectivity index (χ3v) is 2.35. The standard InChI is InChI=1S/C11H14F4N2O4/c1-19-7-3-16-8(9(17-7)20-2)6(18)4-21-5-11(14,15)10(12)13/h3,6,10,18H,4-5H2,1-2H3. The minimum atomic E-state index is -4.28. The molecule has 0 aromatic carbocycles. The van der Waals surface area contributed by atoms with Gasteiger partial charge < -0.3 is 19.3 Å². The minimum absolute atomic E-state index is 0.0846. The van der Waals surface area contributed by atoms with Crippen LogP contribution < -0.4 is 9.47 Å². The molecule has 0 saturated heterocycles. The molecule has 0 radical (unpaired) electrons. The van der Waals surface area contributed by atoms with Crippen LogP contribution in [0.4, 0.5) is 17.6 Å². The largest absolute Gasteiger partial charge is 0.480 e. The molecule has 0 bridgehead atoms. The van der Waals surface area contributed by atoms with E-state index in [0.717, 1.165) is 0 Å². The van der Waals surface area contributed by atoms with E-state index in [1.807, 2.05) is 0 Å². The summed E-state index contributed by atoms with van der Waals surface area (Å²) in [6.45, 7) is -2.19. The summed E-state index contributed by atoms with van der Waals surface area (Å²) < 4.78 is 63.1. The summed E-state index contributed by atoms with van der Waals surface area (Å²) >= 11 is 0. The number of nitrogens with zero attached hydrogens (tertiary/aromatic N) is 2. The Morgan fingerprint density at radius 1 is 1.29 bits per heavy atom. The van der Waals surface area contributed by atoms with Crippen LogP contribution >= 0.6 is 0 Å². The van der Waals surface area contributed by atoms with Crippen molar-refractivity contribution in [3.8, 4) is 11.8 Å². The van der Waals surface area contributed by atoms with Crippen molar-refractivity contribution in [2.45, 2.75) is 18.5 Å². The van der Waals surface area contributed by atoms with E-state index < -0.39 is 31.7 Å². The van der Waals surface area contributed by atoms with E-state index in [2.05, 4.69) is 14.7 Å². The fourth-order valence-electron chi connectivity index (χ4n) is 1.29. The van der Waals surface area contributed by atoms with Gasteiger partial charge in [0.1, 0.15) is 18.4 Å². The lowest BCUT2D eigenvalue weighted by Gasteiger charge is -2.17. The van der Waals surface area contributed by atoms with Crippen LogP contribution in [0.15, 0.2) is 6.20 Å². The maximum atomic E-state index is 12.6. The second-order valence-corrected chi connectivity index (χ2v) is 3.90. The van der Waals surface area contributed by atoms with Crippen molar-refractivity contribution >= 4 is 0 Å². The lowest BCUT2D eigenvalue weighted by atomic mass is 10.2. The van der Waals surface area contributed by atoms with Crippen LogP contribution in [0, 0.1) is 0 Å². The van der Waals surface area contributed by atoms with Crippen LogP contribution in [0.25, 0.3) is 0 Å². The van der Waals surface area contributed by atoms with Crippen LogP contribution in [0.2, 0.25) is 0 Å². The van der Waals surface area contributed by atoms with Gasteiger partial charge in [0.15, 0.2) is 0 Å². The Labute approximate surface area is 117 Å². The zero-order chi connectivity index (χ0) is 16.0. The number of rotatable bonds is 8. The molecule has 1 atom stereocenters. The molecule has 120 valence electrons. The van der Waals surface area contributed by atoms with Crippen LogP contribution in [0.3, 0.4) is 0 Å². The highest BCUT2D eigenvalue weighted by Crippen LogP contribution is 2.26. The summed E-state index contributed by atoms with van der Waals surface area (Å²) in [6.07, 6.45) is -4.13. The van der Waals surface area contributed by atoms with Crippen molar-refractivity contribution in [3.63, 3.8) is 0 Å². The molecule has 0 aliphatic carbocycles. The number of aliphatic hydroxyl groups is 1. The molecule has 0 spiro atoms. The fraction of sp³-hybridized carbons (Fsp3) is 0.636. The molecule has 0 fully saturated rings. The smallest absolute Gasteiger partial charge is 0.330 e. The van der Waals surface area contributed by atoms with Crippen molar-refractivity contribution in [3.05, 3.63) is 11.9 Å². The molecule has 0 saturated carbocycles. The summed E-state index contributed by atoms with van der Waals surface area (Å²) in [7, 11) is 2.60. The lowest BCUT2D eigenvalue weighted by molar-refractivity contribution is -0.171. The van der Waals surface area contributed by atoms with E-state index in [4.69, 9.17) is 9.47 Å². The zero-order valence-corrected chi connectivity index (χ0v) is 11.2. The molecule has 1 rings (SSSR count). The van der Waals surface area contributed by atoms with Crippen LogP contribution in [-0.2, 0) is 4.74 Å². The summed E-state index contributed by atoms with van der Waals surface area (Å²) in [6, 6.07) is 0. The first-order valence-corrected chi connectivity index (χ1v) is 5.68. The van der Waals surface area contributed by atoms with E-state index in [1.54, 1.807) is 0 Å². The molecule has 1 aromatic rings. The van der Waals surface area contributed by atoms with Gasteiger partial charge in [-0.25, -0.2) is 13.8 Å². The summed E-state index contributed by atoms with van der Waals surface area (Å²) in [5, 5.41) is 9.75. The van der Waals surface area contributed by atoms with Gasteiger partial charge in [-0.2, -0.15) is 13.8 Å². The number of aliphatic hydroxyl groups excluding tert-OH is 1. The Bertz CT molecular complexity index is 462. The van der Waals surface area contributed by atoms with E-state index in [0.29, 0.717) is 0 Å². The average Bonchev–Trinajstić information content (AvgIpc) is 2.45. The predicted octanol–water partition coefficient (Wildman–Crippen LogP) is 1.44. The fourth-order valence-corrected chi connectivity index (χ4v) is 1.29. The topological polar surface area (TPSA) is 73.7 Å². The Hall–Kier alpha value is -1.68. The summed E-state index contributed by atoms with van der Waals surface area (Å²) in [5.41, 5.74) is -0.0846. The first-order valence-electron chi connectivity index (χ1n) is 5.68. The maximum Gasteiger partial charge on any atom is 0.330 e. The zero-order valence-electron chi connectivity index (χ0n) is 11.2. The Morgan fingerprint density at radius 2 is 1.95 bits per heavy atom. The second kappa shape index (κ2) is 7.36. The third-order valence-electron chi connectivity index (χ3n) is 2.35. The number of alkyl halides is 4. The van der Waals surface area contributed by atoms with E-state index in [-0.39, 0.29) is 17.5 Å². The van der Waals surface area contributed by atoms with Crippen LogP contribution in [-0.4, -0.2) is 54.9 Å². The Balaban J connectivity index is 2.66. The highest BCUT2D eigenvalue weighted by atomic mass is 19.3. The van der Waals surface area contributed by atoms with E-state index in [9.17, 15) is 22.7 Å². The highest BCUT2D eigenvalue weighted by molar-refractivity contribution is 5.24. The Kier molecular flexibility index (Phi) is 6.09. The van der Waals surface area contributed by atoms with Gasteiger partial charge in [0.25, 0.3) is 0 Å². The van der Waals surface area contributed by atoms with Crippen molar-refractivity contribution in [2.75, 3.05) is 27.4 Å². The molecule has 0 aliphatic rings. The number of halogens is 4. The quantitative estimate of drug-likeness (QED) is 0.732. The van der Waals surface area contributed by atoms with Gasteiger partial charge in [-0.15, -0.1) is 0 Å². The number of aromatic nitrogens is 2. The molecule has 6 nitrogen and oxygen atoms in total. The number of hydrogen-bond donors (Lipinski definition) is 1. The molecule has 1 unspecified atom stereocenters. The number of hydrogen-bond acceptors (Lipinski definition) is 6. The first kappa shape index (κ1) is 17.4. The van der Waals surface area contributed by atoms with Crippen molar-refractivity contribution in [2.24, 2.45) is 0 Å². The van der Waals surface area contributed by atoms with Gasteiger partial charge in [-0.1, -0.05) is 0 Å². The molecule has 1 N–H and O–H groups in total.